The molecule has 0 heterocycles. The molecule has 3 N–H and O–H groups in total. The molecule has 2 rings (SSSR count). The van der Waals surface area contributed by atoms with Crippen molar-refractivity contribution in [1.82, 2.24) is 0 Å². The Morgan fingerprint density at radius 1 is 1.21 bits per heavy atom. The van der Waals surface area contributed by atoms with Crippen molar-refractivity contribution in [2.45, 2.75) is 6.92 Å². The van der Waals surface area contributed by atoms with Crippen LogP contribution in [0.15, 0.2) is 42.5 Å². The smallest absolute Gasteiger partial charge is 0.260 e. The van der Waals surface area contributed by atoms with Gasteiger partial charge in [-0.3, -0.25) is 4.79 Å². The van der Waals surface area contributed by atoms with Crippen LogP contribution in [-0.4, -0.2) is 18.1 Å². The van der Waals surface area contributed by atoms with Crippen molar-refractivity contribution < 1.29 is 9.90 Å². The van der Waals surface area contributed by atoms with Crippen molar-refractivity contribution in [3.63, 3.8) is 0 Å². The Bertz CT molecular complexity index is 623. The highest BCUT2D eigenvalue weighted by Gasteiger charge is 2.17. The van der Waals surface area contributed by atoms with Crippen LogP contribution in [0.3, 0.4) is 0 Å². The zero-order chi connectivity index (χ0) is 14.0. The molecule has 0 saturated carbocycles. The van der Waals surface area contributed by atoms with Gasteiger partial charge in [-0.25, -0.2) is 0 Å². The predicted molar refractivity (Wildman–Crippen MR) is 76.4 cm³/mol. The van der Waals surface area contributed by atoms with Crippen LogP contribution in [0.1, 0.15) is 15.9 Å². The molecule has 0 aliphatic rings. The third-order valence-electron chi connectivity index (χ3n) is 3.08. The van der Waals surface area contributed by atoms with Crippen molar-refractivity contribution in [2.75, 3.05) is 17.7 Å². The summed E-state index contributed by atoms with van der Waals surface area (Å²) >= 11 is 0. The molecule has 4 heteroatoms. The largest absolute Gasteiger partial charge is 0.508 e. The molecule has 0 saturated heterocycles. The number of carbonyl (C=O) groups excluding carboxylic acids is 1. The number of phenolic OH excluding ortho intramolecular Hbond substituents is 1. The lowest BCUT2D eigenvalue weighted by atomic mass is 10.1. The molecule has 1 amide bonds. The van der Waals surface area contributed by atoms with Gasteiger partial charge in [0.1, 0.15) is 5.75 Å². The number of carbonyl (C=O) groups is 1. The van der Waals surface area contributed by atoms with Crippen LogP contribution < -0.4 is 10.6 Å². The summed E-state index contributed by atoms with van der Waals surface area (Å²) in [5, 5.41) is 9.45. The van der Waals surface area contributed by atoms with Crippen LogP contribution in [0.2, 0.25) is 0 Å². The Hall–Kier alpha value is -2.49. The van der Waals surface area contributed by atoms with Crippen molar-refractivity contribution in [3.8, 4) is 5.75 Å². The van der Waals surface area contributed by atoms with E-state index in [1.165, 1.54) is 11.0 Å². The summed E-state index contributed by atoms with van der Waals surface area (Å²) in [4.78, 5) is 13.9. The van der Waals surface area contributed by atoms with Crippen molar-refractivity contribution in [1.29, 1.82) is 0 Å². The molecule has 0 atom stereocenters. The zero-order valence-electron chi connectivity index (χ0n) is 10.9. The molecule has 0 spiro atoms. The molecular formula is C15H16N2O2. The molecule has 0 bridgehead atoms. The highest BCUT2D eigenvalue weighted by atomic mass is 16.3. The molecular weight excluding hydrogens is 240 g/mol. The Morgan fingerprint density at radius 3 is 2.58 bits per heavy atom. The number of aromatic hydroxyl groups is 1. The minimum atomic E-state index is -0.202. The maximum absolute atomic E-state index is 12.4. The van der Waals surface area contributed by atoms with Gasteiger partial charge in [-0.15, -0.1) is 0 Å². The minimum Gasteiger partial charge on any atom is -0.508 e. The Kier molecular flexibility index (Phi) is 3.42. The van der Waals surface area contributed by atoms with Crippen molar-refractivity contribution in [2.24, 2.45) is 0 Å². The number of hydrogen-bond donors (Lipinski definition) is 2. The number of nitrogens with two attached hydrogens (primary N) is 1. The third-order valence-corrected chi connectivity index (χ3v) is 3.08. The first kappa shape index (κ1) is 13.0. The lowest BCUT2D eigenvalue weighted by Gasteiger charge is -2.19. The van der Waals surface area contributed by atoms with Crippen LogP contribution in [0.4, 0.5) is 11.4 Å². The van der Waals surface area contributed by atoms with Crippen LogP contribution in [0.25, 0.3) is 0 Å². The predicted octanol–water partition coefficient (Wildman–Crippen LogP) is 2.56. The maximum atomic E-state index is 12.4. The quantitative estimate of drug-likeness (QED) is 0.811. The number of rotatable bonds is 2. The summed E-state index contributed by atoms with van der Waals surface area (Å²) in [7, 11) is 1.65. The molecule has 4 nitrogen and oxygen atoms in total. The van der Waals surface area contributed by atoms with Gasteiger partial charge in [0, 0.05) is 24.5 Å². The van der Waals surface area contributed by atoms with Gasteiger partial charge >= 0.3 is 0 Å². The zero-order valence-corrected chi connectivity index (χ0v) is 10.9. The summed E-state index contributed by atoms with van der Waals surface area (Å²) < 4.78 is 0. The second kappa shape index (κ2) is 5.02. The van der Waals surface area contributed by atoms with Gasteiger partial charge in [-0.2, -0.15) is 0 Å². The number of amides is 1. The molecule has 0 aliphatic heterocycles. The van der Waals surface area contributed by atoms with Crippen molar-refractivity contribution >= 4 is 17.3 Å². The lowest BCUT2D eigenvalue weighted by Crippen LogP contribution is -2.27. The molecule has 19 heavy (non-hydrogen) atoms. The van der Waals surface area contributed by atoms with Crippen molar-refractivity contribution in [3.05, 3.63) is 53.6 Å². The molecule has 0 unspecified atom stereocenters. The van der Waals surface area contributed by atoms with Gasteiger partial charge in [-0.05, 0) is 30.7 Å². The number of para-hydroxylation sites is 1. The lowest BCUT2D eigenvalue weighted by molar-refractivity contribution is 0.0994. The fraction of sp³-hybridized carbons (Fsp3) is 0.133. The average Bonchev–Trinajstić information content (AvgIpc) is 2.40. The molecule has 2 aromatic rings. The first-order chi connectivity index (χ1) is 9.00. The van der Waals surface area contributed by atoms with Crippen LogP contribution >= 0.6 is 0 Å². The van der Waals surface area contributed by atoms with Crippen LogP contribution in [0, 0.1) is 6.92 Å². The van der Waals surface area contributed by atoms with E-state index >= 15 is 0 Å². The molecule has 0 fully saturated rings. The fourth-order valence-electron chi connectivity index (χ4n) is 1.87. The maximum Gasteiger partial charge on any atom is 0.260 e. The first-order valence-corrected chi connectivity index (χ1v) is 5.93. The minimum absolute atomic E-state index is 0.120. The Balaban J connectivity index is 2.36. The van der Waals surface area contributed by atoms with Crippen LogP contribution in [-0.2, 0) is 0 Å². The molecule has 0 aromatic heterocycles. The number of nitrogens with zero attached hydrogens (tertiary/aromatic N) is 1. The Morgan fingerprint density at radius 2 is 1.89 bits per heavy atom. The molecule has 98 valence electrons. The van der Waals surface area contributed by atoms with Gasteiger partial charge in [0.05, 0.1) is 5.56 Å². The van der Waals surface area contributed by atoms with Gasteiger partial charge < -0.3 is 15.7 Å². The van der Waals surface area contributed by atoms with E-state index in [2.05, 4.69) is 0 Å². The summed E-state index contributed by atoms with van der Waals surface area (Å²) in [5.74, 6) is -0.0823. The molecule has 0 radical (unpaired) electrons. The standard InChI is InChI=1S/C15H16N2O2/c1-10-5-3-8-13(14(10)16)15(19)17(2)11-6-4-7-12(18)9-11/h3-9,18H,16H2,1-2H3. The SMILES string of the molecule is Cc1cccc(C(=O)N(C)c2cccc(O)c2)c1N. The van der Waals surface area contributed by atoms with Crippen LogP contribution in [0.5, 0.6) is 5.75 Å². The number of hydrogen-bond acceptors (Lipinski definition) is 3. The topological polar surface area (TPSA) is 66.6 Å². The van der Waals surface area contributed by atoms with E-state index in [9.17, 15) is 9.90 Å². The Labute approximate surface area is 112 Å². The number of nitrogen functional groups attached to an aromatic ring is 1. The van der Waals surface area contributed by atoms with Gasteiger partial charge in [0.25, 0.3) is 5.91 Å². The first-order valence-electron chi connectivity index (χ1n) is 5.93. The van der Waals surface area contributed by atoms with E-state index in [4.69, 9.17) is 5.73 Å². The number of benzene rings is 2. The van der Waals surface area contributed by atoms with E-state index in [0.29, 0.717) is 16.9 Å². The monoisotopic (exact) mass is 256 g/mol. The van der Waals surface area contributed by atoms with Gasteiger partial charge in [0.2, 0.25) is 0 Å². The van der Waals surface area contributed by atoms with Gasteiger partial charge in [0.15, 0.2) is 0 Å². The molecule has 2 aromatic carbocycles. The highest BCUT2D eigenvalue weighted by Crippen LogP contribution is 2.23. The highest BCUT2D eigenvalue weighted by molar-refractivity contribution is 6.09. The van der Waals surface area contributed by atoms with Gasteiger partial charge in [-0.1, -0.05) is 18.2 Å². The molecule has 0 aliphatic carbocycles. The second-order valence-corrected chi connectivity index (χ2v) is 4.42. The van der Waals surface area contributed by atoms with E-state index < -0.39 is 0 Å². The third kappa shape index (κ3) is 2.52. The number of phenols is 1. The second-order valence-electron chi connectivity index (χ2n) is 4.42. The fourth-order valence-corrected chi connectivity index (χ4v) is 1.87. The summed E-state index contributed by atoms with van der Waals surface area (Å²) in [6.45, 7) is 1.86. The summed E-state index contributed by atoms with van der Waals surface area (Å²) in [6.07, 6.45) is 0. The summed E-state index contributed by atoms with van der Waals surface area (Å²) in [6, 6.07) is 11.9. The van der Waals surface area contributed by atoms with E-state index in [1.807, 2.05) is 13.0 Å². The van der Waals surface area contributed by atoms with E-state index in [1.54, 1.807) is 37.4 Å². The average molecular weight is 256 g/mol. The normalized spacial score (nSPS) is 10.2. The number of anilines is 2. The number of aryl methyl sites for hydroxylation is 1. The van der Waals surface area contributed by atoms with E-state index in [-0.39, 0.29) is 11.7 Å². The van der Waals surface area contributed by atoms with E-state index in [0.717, 1.165) is 5.56 Å². The summed E-state index contributed by atoms with van der Waals surface area (Å²) in [5.41, 5.74) is 8.37.